The molecule has 1 aliphatic rings. The van der Waals surface area contributed by atoms with Crippen LogP contribution in [0.15, 0.2) is 30.6 Å². The second kappa shape index (κ2) is 11.1. The van der Waals surface area contributed by atoms with Crippen molar-refractivity contribution in [2.75, 3.05) is 40.4 Å². The minimum Gasteiger partial charge on any atom is -0.475 e. The van der Waals surface area contributed by atoms with Gasteiger partial charge in [0.2, 0.25) is 0 Å². The number of carbonyl (C=O) groups excluding carboxylic acids is 1. The molecule has 0 saturated carbocycles. The van der Waals surface area contributed by atoms with E-state index in [-0.39, 0.29) is 11.8 Å². The number of rotatable bonds is 6. The quantitative estimate of drug-likeness (QED) is 0.662. The number of fused-ring (bicyclic) bond motifs is 1. The van der Waals surface area contributed by atoms with Gasteiger partial charge in [0, 0.05) is 45.0 Å². The zero-order valence-electron chi connectivity index (χ0n) is 18.2. The van der Waals surface area contributed by atoms with Crippen LogP contribution in [0, 0.1) is 5.92 Å². The molecule has 9 nitrogen and oxygen atoms in total. The van der Waals surface area contributed by atoms with Crippen molar-refractivity contribution in [1.29, 1.82) is 0 Å². The van der Waals surface area contributed by atoms with Gasteiger partial charge >= 0.3 is 12.1 Å². The van der Waals surface area contributed by atoms with E-state index < -0.39 is 12.1 Å². The van der Waals surface area contributed by atoms with Gasteiger partial charge in [0.15, 0.2) is 0 Å². The van der Waals surface area contributed by atoms with Gasteiger partial charge in [0.1, 0.15) is 5.69 Å². The molecule has 3 heterocycles. The highest BCUT2D eigenvalue weighted by Crippen LogP contribution is 2.19. The van der Waals surface area contributed by atoms with Crippen LogP contribution >= 0.6 is 0 Å². The molecule has 1 N–H and O–H groups in total. The van der Waals surface area contributed by atoms with Crippen LogP contribution < -0.4 is 0 Å². The number of alkyl halides is 3. The minimum absolute atomic E-state index is 0.0560. The van der Waals surface area contributed by atoms with Crippen molar-refractivity contribution in [3.63, 3.8) is 0 Å². The molecule has 1 amide bonds. The Morgan fingerprint density at radius 3 is 2.53 bits per heavy atom. The molecule has 32 heavy (non-hydrogen) atoms. The fourth-order valence-electron chi connectivity index (χ4n) is 3.14. The Hall–Kier alpha value is -2.86. The van der Waals surface area contributed by atoms with E-state index in [1.807, 2.05) is 59.7 Å². The molecule has 1 unspecified atom stereocenters. The second-order valence-corrected chi connectivity index (χ2v) is 7.74. The summed E-state index contributed by atoms with van der Waals surface area (Å²) in [7, 11) is 5.97. The van der Waals surface area contributed by atoms with Crippen molar-refractivity contribution in [2.45, 2.75) is 19.3 Å². The molecule has 1 aliphatic heterocycles. The molecule has 2 aromatic rings. The molecule has 0 saturated heterocycles. The number of aliphatic carboxylic acids is 1. The molecule has 0 fully saturated rings. The van der Waals surface area contributed by atoms with Crippen LogP contribution in [0.4, 0.5) is 13.2 Å². The third-order valence-electron chi connectivity index (χ3n) is 4.80. The van der Waals surface area contributed by atoms with Gasteiger partial charge in [-0.15, -0.1) is 0 Å². The van der Waals surface area contributed by atoms with Crippen molar-refractivity contribution in [2.24, 2.45) is 13.0 Å². The van der Waals surface area contributed by atoms with Crippen LogP contribution in [-0.2, 0) is 29.7 Å². The predicted octanol–water partition coefficient (Wildman–Crippen LogP) is 1.71. The maximum atomic E-state index is 13.0. The largest absolute Gasteiger partial charge is 0.490 e. The molecule has 0 spiro atoms. The van der Waals surface area contributed by atoms with E-state index in [0.29, 0.717) is 32.0 Å². The summed E-state index contributed by atoms with van der Waals surface area (Å²) >= 11 is 0. The summed E-state index contributed by atoms with van der Waals surface area (Å²) in [6.45, 7) is 4.26. The lowest BCUT2D eigenvalue weighted by atomic mass is 10.1. The number of aryl methyl sites for hydroxylation is 1. The summed E-state index contributed by atoms with van der Waals surface area (Å²) in [5.41, 5.74) is 1.78. The van der Waals surface area contributed by atoms with Crippen molar-refractivity contribution < 1.29 is 32.6 Å². The zero-order chi connectivity index (χ0) is 23.9. The second-order valence-electron chi connectivity index (χ2n) is 7.74. The maximum Gasteiger partial charge on any atom is 0.490 e. The first-order chi connectivity index (χ1) is 15.0. The minimum atomic E-state index is -5.08. The Balaban J connectivity index is 0.000000451. The highest BCUT2D eigenvalue weighted by Gasteiger charge is 2.38. The van der Waals surface area contributed by atoms with Crippen LogP contribution in [0.25, 0.3) is 0 Å². The molecule has 0 radical (unpaired) electrons. The lowest BCUT2D eigenvalue weighted by Crippen LogP contribution is -2.36. The lowest BCUT2D eigenvalue weighted by molar-refractivity contribution is -0.192. The van der Waals surface area contributed by atoms with Crippen LogP contribution in [0.5, 0.6) is 0 Å². The predicted molar refractivity (Wildman–Crippen MR) is 109 cm³/mol. The Morgan fingerprint density at radius 1 is 1.28 bits per heavy atom. The van der Waals surface area contributed by atoms with Crippen LogP contribution in [0.3, 0.4) is 0 Å². The molecular formula is C20H28F3N5O4. The van der Waals surface area contributed by atoms with Gasteiger partial charge in [-0.2, -0.15) is 18.3 Å². The molecular weight excluding hydrogens is 431 g/mol. The first-order valence-corrected chi connectivity index (χ1v) is 9.93. The summed E-state index contributed by atoms with van der Waals surface area (Å²) < 4.78 is 41.5. The molecule has 3 rings (SSSR count). The number of hydrogen-bond acceptors (Lipinski definition) is 5. The zero-order valence-corrected chi connectivity index (χ0v) is 18.2. The fraction of sp³-hybridized carbons (Fsp3) is 0.550. The van der Waals surface area contributed by atoms with Gasteiger partial charge in [-0.1, -0.05) is 0 Å². The lowest BCUT2D eigenvalue weighted by Gasteiger charge is -2.24. The van der Waals surface area contributed by atoms with Crippen LogP contribution in [0.1, 0.15) is 16.2 Å². The summed E-state index contributed by atoms with van der Waals surface area (Å²) in [5.74, 6) is -2.47. The Kier molecular flexibility index (Phi) is 8.84. The van der Waals surface area contributed by atoms with E-state index in [1.54, 1.807) is 6.20 Å². The van der Waals surface area contributed by atoms with E-state index in [1.165, 1.54) is 0 Å². The topological polar surface area (TPSA) is 92.8 Å². The van der Waals surface area contributed by atoms with Crippen molar-refractivity contribution in [3.8, 4) is 0 Å². The number of amides is 1. The van der Waals surface area contributed by atoms with Gasteiger partial charge in [-0.05, 0) is 32.3 Å². The van der Waals surface area contributed by atoms with Gasteiger partial charge in [0.25, 0.3) is 5.91 Å². The Bertz CT molecular complexity index is 894. The van der Waals surface area contributed by atoms with E-state index in [4.69, 9.17) is 14.6 Å². The summed E-state index contributed by atoms with van der Waals surface area (Å²) in [4.78, 5) is 25.9. The average molecular weight is 459 g/mol. The number of halogens is 3. The molecule has 178 valence electrons. The first-order valence-electron chi connectivity index (χ1n) is 9.93. The van der Waals surface area contributed by atoms with E-state index in [2.05, 4.69) is 10.00 Å². The van der Waals surface area contributed by atoms with Gasteiger partial charge in [-0.3, -0.25) is 9.48 Å². The molecule has 0 aromatic carbocycles. The number of hydrogen-bond donors (Lipinski definition) is 1. The summed E-state index contributed by atoms with van der Waals surface area (Å²) in [6.07, 6.45) is -1.38. The number of ether oxygens (including phenoxy) is 1. The molecule has 2 aromatic heterocycles. The standard InChI is InChI=1S/C18H27N5O2.C2HF3O2/c1-20(2)9-10-25-14-15-11-22(13-16-6-7-19-23(16)12-15)18(24)17-5-4-8-21(17)3;3-2(4,5)1(6)7/h4-8,15H,9-14H2,1-3H3;(H,6,7). The van der Waals surface area contributed by atoms with Crippen LogP contribution in [0.2, 0.25) is 0 Å². The fourth-order valence-corrected chi connectivity index (χ4v) is 3.14. The van der Waals surface area contributed by atoms with Crippen molar-refractivity contribution in [1.82, 2.24) is 24.1 Å². The highest BCUT2D eigenvalue weighted by molar-refractivity contribution is 5.92. The number of likely N-dealkylation sites (N-methyl/N-ethyl adjacent to an activating group) is 1. The van der Waals surface area contributed by atoms with Gasteiger partial charge in [-0.25, -0.2) is 4.79 Å². The summed E-state index contributed by atoms with van der Waals surface area (Å²) in [6, 6.07) is 5.75. The third kappa shape index (κ3) is 7.38. The maximum absolute atomic E-state index is 13.0. The monoisotopic (exact) mass is 459 g/mol. The van der Waals surface area contributed by atoms with Crippen LogP contribution in [-0.4, -0.2) is 87.7 Å². The Labute approximate surface area is 184 Å². The van der Waals surface area contributed by atoms with Gasteiger partial charge in [0.05, 0.1) is 25.5 Å². The van der Waals surface area contributed by atoms with Crippen molar-refractivity contribution in [3.05, 3.63) is 42.0 Å². The van der Waals surface area contributed by atoms with E-state index in [9.17, 15) is 18.0 Å². The van der Waals surface area contributed by atoms with E-state index in [0.717, 1.165) is 18.8 Å². The molecule has 0 bridgehead atoms. The Morgan fingerprint density at radius 2 is 1.97 bits per heavy atom. The first kappa shape index (κ1) is 25.4. The number of carboxylic acids is 1. The van der Waals surface area contributed by atoms with E-state index >= 15 is 0 Å². The third-order valence-corrected chi connectivity index (χ3v) is 4.80. The number of nitrogens with zero attached hydrogens (tertiary/aromatic N) is 5. The molecule has 1 atom stereocenters. The SMILES string of the molecule is CN(C)CCOCC1CN(C(=O)c2cccn2C)Cc2ccnn2C1.O=C(O)C(F)(F)F. The summed E-state index contributed by atoms with van der Waals surface area (Å²) in [5, 5.41) is 11.5. The molecule has 0 aliphatic carbocycles. The highest BCUT2D eigenvalue weighted by atomic mass is 19.4. The molecule has 12 heteroatoms. The average Bonchev–Trinajstić information content (AvgIpc) is 3.28. The number of carbonyl (C=O) groups is 2. The number of carboxylic acid groups (broad SMARTS) is 1. The normalized spacial score (nSPS) is 16.2. The smallest absolute Gasteiger partial charge is 0.475 e. The van der Waals surface area contributed by atoms with Crippen molar-refractivity contribution >= 4 is 11.9 Å². The van der Waals surface area contributed by atoms with Gasteiger partial charge < -0.3 is 24.2 Å². The number of aromatic nitrogens is 3.